The molecule has 0 unspecified atom stereocenters. The van der Waals surface area contributed by atoms with E-state index in [9.17, 15) is 9.90 Å². The Morgan fingerprint density at radius 1 is 1.23 bits per heavy atom. The minimum atomic E-state index is -0.766. The molecule has 11 heteroatoms. The number of hydrogen-bond acceptors (Lipinski definition) is 9. The highest BCUT2D eigenvalue weighted by molar-refractivity contribution is 6.06. The number of ether oxygens (including phenoxy) is 1. The lowest BCUT2D eigenvalue weighted by Gasteiger charge is -2.31. The average Bonchev–Trinajstić information content (AvgIpc) is 3.29. The molecule has 0 amide bonds. The molecule has 0 aliphatic carbocycles. The number of nitrogens with one attached hydrogen (secondary N) is 2. The first-order chi connectivity index (χ1) is 20.5. The van der Waals surface area contributed by atoms with E-state index in [1.54, 1.807) is 6.21 Å². The number of likely N-dealkylation sites (N-methyl/N-ethyl adjacent to an activating group) is 1. The van der Waals surface area contributed by atoms with Gasteiger partial charge in [0.05, 0.1) is 16.6 Å². The number of carboxylic acid groups (broad SMARTS) is 1. The van der Waals surface area contributed by atoms with E-state index in [1.807, 2.05) is 38.8 Å². The summed E-state index contributed by atoms with van der Waals surface area (Å²) in [5.74, 6) is 0.364. The number of carboxylic acids is 1. The number of unbranched alkanes of at least 4 members (excludes halogenated alkanes) is 1. The van der Waals surface area contributed by atoms with E-state index in [-0.39, 0.29) is 17.9 Å². The first-order valence-electron chi connectivity index (χ1n) is 15.0. The van der Waals surface area contributed by atoms with Gasteiger partial charge in [-0.25, -0.2) is 9.97 Å². The van der Waals surface area contributed by atoms with Crippen molar-refractivity contribution >= 4 is 40.4 Å². The van der Waals surface area contributed by atoms with Crippen molar-refractivity contribution in [3.8, 4) is 5.88 Å². The number of aliphatic imine (C=N–C) groups is 1. The van der Waals surface area contributed by atoms with Crippen molar-refractivity contribution in [2.24, 2.45) is 4.99 Å². The van der Waals surface area contributed by atoms with Crippen molar-refractivity contribution < 1.29 is 19.7 Å². The molecule has 3 aromatic rings. The summed E-state index contributed by atoms with van der Waals surface area (Å²) in [5, 5.41) is 23.8. The molecular formula is C32H45N7O4. The maximum Gasteiger partial charge on any atom is 0.303 e. The summed E-state index contributed by atoms with van der Waals surface area (Å²) in [5.41, 5.74) is 3.79. The molecule has 1 aromatic carbocycles. The topological polar surface area (TPSA) is 139 Å². The Hall–Kier alpha value is -4.28. The van der Waals surface area contributed by atoms with Crippen LogP contribution in [0.4, 0.5) is 17.2 Å². The second-order valence-corrected chi connectivity index (χ2v) is 12.0. The van der Waals surface area contributed by atoms with Crippen LogP contribution in [0.5, 0.6) is 5.88 Å². The summed E-state index contributed by atoms with van der Waals surface area (Å²) >= 11 is 0. The summed E-state index contributed by atoms with van der Waals surface area (Å²) in [7, 11) is 1.92. The number of anilines is 2. The molecule has 4 N–H and O–H groups in total. The summed E-state index contributed by atoms with van der Waals surface area (Å²) in [6, 6.07) is 6.18. The Labute approximate surface area is 253 Å². The molecule has 1 aliphatic heterocycles. The number of aryl methyl sites for hydroxylation is 1. The third-order valence-corrected chi connectivity index (χ3v) is 7.39. The molecule has 0 atom stereocenters. The van der Waals surface area contributed by atoms with Gasteiger partial charge in [0.1, 0.15) is 23.4 Å². The summed E-state index contributed by atoms with van der Waals surface area (Å²) in [6.07, 6.45) is 9.06. The van der Waals surface area contributed by atoms with E-state index in [1.165, 1.54) is 31.3 Å². The smallest absolute Gasteiger partial charge is 0.303 e. The van der Waals surface area contributed by atoms with Crippen LogP contribution in [0.1, 0.15) is 70.4 Å². The number of aromatic nitrogens is 3. The van der Waals surface area contributed by atoms with Crippen molar-refractivity contribution in [3.05, 3.63) is 48.1 Å². The fourth-order valence-electron chi connectivity index (χ4n) is 5.22. The second kappa shape index (κ2) is 14.3. The third-order valence-electron chi connectivity index (χ3n) is 7.39. The number of piperidine rings is 1. The molecule has 2 aromatic heterocycles. The lowest BCUT2D eigenvalue weighted by molar-refractivity contribution is -0.137. The first kappa shape index (κ1) is 31.7. The summed E-state index contributed by atoms with van der Waals surface area (Å²) in [6.45, 7) is 13.2. The van der Waals surface area contributed by atoms with Gasteiger partial charge in [0.25, 0.3) is 0 Å². The van der Waals surface area contributed by atoms with Gasteiger partial charge in [0, 0.05) is 51.5 Å². The van der Waals surface area contributed by atoms with E-state index >= 15 is 0 Å². The Bertz CT molecular complexity index is 1440. The van der Waals surface area contributed by atoms with Crippen LogP contribution in [-0.4, -0.2) is 81.1 Å². The lowest BCUT2D eigenvalue weighted by atomic mass is 10.0. The standard InChI is InChI=1S/C32H45N7O4/c1-22(43-32(2,3)4)38(5)18-15-33-29-28-25(31(42)37-30(28)36-21-35-29)20-34-24-13-14-26(39-16-9-6-10-17-39)23(19-24)11-7-8-12-27(40)41/h13-14,19-21,42H,1,6-12,15-18H2,2-5H3,(H,40,41)(H2,33,35,36,37). The molecule has 0 spiro atoms. The zero-order valence-corrected chi connectivity index (χ0v) is 25.8. The Kier molecular flexibility index (Phi) is 10.5. The highest BCUT2D eigenvalue weighted by atomic mass is 16.5. The van der Waals surface area contributed by atoms with Crippen LogP contribution in [0.15, 0.2) is 42.0 Å². The molecular weight excluding hydrogens is 546 g/mol. The fraction of sp³-hybridized carbons (Fsp3) is 0.500. The Balaban J connectivity index is 1.52. The van der Waals surface area contributed by atoms with Gasteiger partial charge in [-0.1, -0.05) is 0 Å². The van der Waals surface area contributed by atoms with Gasteiger partial charge >= 0.3 is 5.97 Å². The molecule has 43 heavy (non-hydrogen) atoms. The van der Waals surface area contributed by atoms with Gasteiger partial charge in [-0.3, -0.25) is 9.79 Å². The molecule has 0 radical (unpaired) electrons. The maximum atomic E-state index is 11.0. The number of H-pyrrole nitrogens is 1. The number of aromatic hydroxyl groups is 1. The molecule has 11 nitrogen and oxygen atoms in total. The molecule has 1 aliphatic rings. The van der Waals surface area contributed by atoms with Crippen LogP contribution < -0.4 is 10.2 Å². The van der Waals surface area contributed by atoms with Gasteiger partial charge < -0.3 is 35.1 Å². The van der Waals surface area contributed by atoms with Crippen LogP contribution in [0, 0.1) is 0 Å². The second-order valence-electron chi connectivity index (χ2n) is 12.0. The van der Waals surface area contributed by atoms with Gasteiger partial charge in [0.15, 0.2) is 11.8 Å². The zero-order valence-electron chi connectivity index (χ0n) is 25.8. The molecule has 1 saturated heterocycles. The minimum Gasteiger partial charge on any atom is -0.494 e. The number of aromatic amines is 1. The predicted octanol–water partition coefficient (Wildman–Crippen LogP) is 5.83. The van der Waals surface area contributed by atoms with Crippen molar-refractivity contribution in [2.45, 2.75) is 71.3 Å². The molecule has 0 bridgehead atoms. The third kappa shape index (κ3) is 8.86. The van der Waals surface area contributed by atoms with Crippen molar-refractivity contribution in [3.63, 3.8) is 0 Å². The van der Waals surface area contributed by atoms with E-state index in [2.05, 4.69) is 43.9 Å². The predicted molar refractivity (Wildman–Crippen MR) is 172 cm³/mol. The molecule has 1 fully saturated rings. The Morgan fingerprint density at radius 3 is 2.72 bits per heavy atom. The quantitative estimate of drug-likeness (QED) is 0.104. The average molecular weight is 592 g/mol. The van der Waals surface area contributed by atoms with Crippen LogP contribution in [0.2, 0.25) is 0 Å². The van der Waals surface area contributed by atoms with E-state index < -0.39 is 5.97 Å². The number of rotatable bonds is 14. The number of aliphatic carboxylic acids is 1. The normalized spacial score (nSPS) is 13.9. The zero-order chi connectivity index (χ0) is 31.0. The van der Waals surface area contributed by atoms with Crippen molar-refractivity contribution in [1.29, 1.82) is 0 Å². The molecule has 232 valence electrons. The molecule has 4 rings (SSSR count). The van der Waals surface area contributed by atoms with E-state index in [0.717, 1.165) is 37.2 Å². The maximum absolute atomic E-state index is 11.0. The monoisotopic (exact) mass is 591 g/mol. The largest absolute Gasteiger partial charge is 0.494 e. The summed E-state index contributed by atoms with van der Waals surface area (Å²) < 4.78 is 5.85. The van der Waals surface area contributed by atoms with Gasteiger partial charge in [0.2, 0.25) is 0 Å². The van der Waals surface area contributed by atoms with Gasteiger partial charge in [-0.15, -0.1) is 0 Å². The van der Waals surface area contributed by atoms with Gasteiger partial charge in [-0.2, -0.15) is 0 Å². The summed E-state index contributed by atoms with van der Waals surface area (Å²) in [4.78, 5) is 31.8. The minimum absolute atomic E-state index is 0.0368. The number of carbonyl (C=O) groups is 1. The number of benzene rings is 1. The highest BCUT2D eigenvalue weighted by Gasteiger charge is 2.18. The van der Waals surface area contributed by atoms with Gasteiger partial charge in [-0.05, 0) is 89.6 Å². The highest BCUT2D eigenvalue weighted by Crippen LogP contribution is 2.32. The Morgan fingerprint density at radius 2 is 2.00 bits per heavy atom. The molecule has 0 saturated carbocycles. The van der Waals surface area contributed by atoms with E-state index in [4.69, 9.17) is 14.8 Å². The van der Waals surface area contributed by atoms with Crippen LogP contribution in [-0.2, 0) is 16.0 Å². The van der Waals surface area contributed by atoms with Crippen LogP contribution in [0.3, 0.4) is 0 Å². The fourth-order valence-corrected chi connectivity index (χ4v) is 5.22. The van der Waals surface area contributed by atoms with E-state index in [0.29, 0.717) is 47.8 Å². The SMILES string of the molecule is C=C(OC(C)(C)C)N(C)CCNc1ncnc2[nH]c(O)c(C=Nc3ccc(N4CCCCC4)c(CCCCC(=O)O)c3)c12. The van der Waals surface area contributed by atoms with Crippen molar-refractivity contribution in [2.75, 3.05) is 43.4 Å². The number of hydrogen-bond donors (Lipinski definition) is 4. The number of nitrogens with zero attached hydrogens (tertiary/aromatic N) is 5. The lowest BCUT2D eigenvalue weighted by Crippen LogP contribution is -2.30. The van der Waals surface area contributed by atoms with Crippen LogP contribution >= 0.6 is 0 Å². The van der Waals surface area contributed by atoms with Crippen molar-refractivity contribution in [1.82, 2.24) is 19.9 Å². The number of fused-ring (bicyclic) bond motifs is 1. The molecule has 3 heterocycles. The van der Waals surface area contributed by atoms with Crippen LogP contribution in [0.25, 0.3) is 11.0 Å². The first-order valence-corrected chi connectivity index (χ1v) is 15.0.